The first-order valence-corrected chi connectivity index (χ1v) is 8.48. The molecule has 0 atom stereocenters. The fraction of sp³-hybridized carbons (Fsp3) is 0.500. The zero-order valence-corrected chi connectivity index (χ0v) is 12.2. The molecule has 0 aliphatic carbocycles. The number of rotatable bonds is 3. The first-order chi connectivity index (χ1) is 7.86. The number of imidazole rings is 1. The fourth-order valence-electron chi connectivity index (χ4n) is 1.76. The van der Waals surface area contributed by atoms with Crippen LogP contribution < -0.4 is 0 Å². The van der Waals surface area contributed by atoms with Crippen molar-refractivity contribution in [1.82, 2.24) is 9.38 Å². The molecule has 0 bridgehead atoms. The summed E-state index contributed by atoms with van der Waals surface area (Å²) in [4.78, 5) is 5.05. The van der Waals surface area contributed by atoms with E-state index in [1.807, 2.05) is 26.2 Å². The molecule has 0 unspecified atom stereocenters. The lowest BCUT2D eigenvalue weighted by molar-refractivity contribution is 0.601. The molecule has 0 aromatic carbocycles. The molecular weight excluding hydrogens is 280 g/mol. The van der Waals surface area contributed by atoms with Crippen molar-refractivity contribution in [2.45, 2.75) is 38.1 Å². The summed E-state index contributed by atoms with van der Waals surface area (Å²) >= 11 is 1.44. The molecule has 0 fully saturated rings. The van der Waals surface area contributed by atoms with E-state index in [9.17, 15) is 8.42 Å². The average Bonchev–Trinajstić information content (AvgIpc) is 2.71. The number of aromatic nitrogens is 2. The predicted molar refractivity (Wildman–Crippen MR) is 69.6 cm³/mol. The molecule has 2 aromatic rings. The van der Waals surface area contributed by atoms with Crippen molar-refractivity contribution in [2.24, 2.45) is 0 Å². The Bertz CT molecular complexity index is 655. The molecule has 0 aliphatic rings. The molecule has 2 heterocycles. The van der Waals surface area contributed by atoms with Gasteiger partial charge in [-0.25, -0.2) is 13.4 Å². The van der Waals surface area contributed by atoms with Gasteiger partial charge in [-0.05, 0) is 12.3 Å². The van der Waals surface area contributed by atoms with E-state index in [1.165, 1.54) is 11.3 Å². The van der Waals surface area contributed by atoms with E-state index in [1.54, 1.807) is 4.40 Å². The Labute approximate surface area is 109 Å². The van der Waals surface area contributed by atoms with E-state index in [0.717, 1.165) is 12.1 Å². The molecule has 7 heteroatoms. The number of thiazole rings is 1. The molecule has 0 aliphatic heterocycles. The van der Waals surface area contributed by atoms with E-state index in [0.29, 0.717) is 10.7 Å². The molecule has 0 saturated heterocycles. The van der Waals surface area contributed by atoms with Crippen molar-refractivity contribution < 1.29 is 8.42 Å². The molecule has 0 spiro atoms. The summed E-state index contributed by atoms with van der Waals surface area (Å²) < 4.78 is 25.1. The van der Waals surface area contributed by atoms with E-state index in [-0.39, 0.29) is 10.9 Å². The van der Waals surface area contributed by atoms with Crippen LogP contribution in [0.15, 0.2) is 10.4 Å². The number of nitrogens with zero attached hydrogens (tertiary/aromatic N) is 2. The quantitative estimate of drug-likeness (QED) is 0.817. The molecular formula is C10H13ClN2O2S2. The normalized spacial score (nSPS) is 12.8. The van der Waals surface area contributed by atoms with Gasteiger partial charge < -0.3 is 0 Å². The molecule has 17 heavy (non-hydrogen) atoms. The van der Waals surface area contributed by atoms with Gasteiger partial charge in [0.1, 0.15) is 0 Å². The third-order valence-electron chi connectivity index (χ3n) is 2.56. The number of hydrogen-bond acceptors (Lipinski definition) is 4. The van der Waals surface area contributed by atoms with Crippen LogP contribution in [0.25, 0.3) is 4.96 Å². The third kappa shape index (κ3) is 2.09. The maximum atomic E-state index is 11.7. The largest absolute Gasteiger partial charge is 0.279 e. The zero-order valence-electron chi connectivity index (χ0n) is 9.77. The highest BCUT2D eigenvalue weighted by atomic mass is 35.7. The van der Waals surface area contributed by atoms with Crippen molar-refractivity contribution in [1.29, 1.82) is 0 Å². The summed E-state index contributed by atoms with van der Waals surface area (Å²) in [6.45, 7) is 5.79. The molecule has 0 N–H and O–H groups in total. The van der Waals surface area contributed by atoms with Crippen LogP contribution in [0.2, 0.25) is 0 Å². The molecule has 94 valence electrons. The van der Waals surface area contributed by atoms with E-state index in [4.69, 9.17) is 10.7 Å². The minimum atomic E-state index is -3.78. The predicted octanol–water partition coefficient (Wildman–Crippen LogP) is 3.01. The highest BCUT2D eigenvalue weighted by molar-refractivity contribution is 8.13. The van der Waals surface area contributed by atoms with Gasteiger partial charge in [0.25, 0.3) is 9.05 Å². The highest BCUT2D eigenvalue weighted by Gasteiger charge is 2.26. The number of halogens is 1. The van der Waals surface area contributed by atoms with Crippen molar-refractivity contribution in [3.63, 3.8) is 0 Å². The molecule has 0 radical (unpaired) electrons. The Balaban J connectivity index is 2.90. The lowest BCUT2D eigenvalue weighted by Gasteiger charge is -2.04. The van der Waals surface area contributed by atoms with Gasteiger partial charge in [0.2, 0.25) is 0 Å². The Morgan fingerprint density at radius 3 is 2.65 bits per heavy atom. The van der Waals surface area contributed by atoms with Crippen LogP contribution in [0.1, 0.15) is 38.1 Å². The lowest BCUT2D eigenvalue weighted by atomic mass is 10.1. The second kappa shape index (κ2) is 4.26. The van der Waals surface area contributed by atoms with Gasteiger partial charge in [-0.3, -0.25) is 4.40 Å². The molecule has 2 aromatic heterocycles. The summed E-state index contributed by atoms with van der Waals surface area (Å²) in [7, 11) is 1.75. The molecule has 2 rings (SSSR count). The van der Waals surface area contributed by atoms with E-state index in [2.05, 4.69) is 4.98 Å². The fourth-order valence-corrected chi connectivity index (χ4v) is 4.19. The van der Waals surface area contributed by atoms with E-state index < -0.39 is 9.05 Å². The van der Waals surface area contributed by atoms with Crippen molar-refractivity contribution in [3.05, 3.63) is 16.8 Å². The van der Waals surface area contributed by atoms with Crippen LogP contribution in [-0.2, 0) is 15.5 Å². The standard InChI is InChI=1S/C10H13ClN2O2S2/c1-4-7-5-16-10-12-8(6(2)3)9(13(7)10)17(11,14)15/h5-6H,4H2,1-3H3. The summed E-state index contributed by atoms with van der Waals surface area (Å²) in [5.74, 6) is 0.0235. The van der Waals surface area contributed by atoms with Crippen molar-refractivity contribution in [3.8, 4) is 0 Å². The summed E-state index contributed by atoms with van der Waals surface area (Å²) in [5.41, 5.74) is 1.46. The van der Waals surface area contributed by atoms with Gasteiger partial charge in [0, 0.05) is 21.8 Å². The van der Waals surface area contributed by atoms with Crippen LogP contribution >= 0.6 is 22.0 Å². The van der Waals surface area contributed by atoms with Crippen LogP contribution in [0.3, 0.4) is 0 Å². The van der Waals surface area contributed by atoms with Crippen LogP contribution in [0, 0.1) is 0 Å². The zero-order chi connectivity index (χ0) is 12.8. The van der Waals surface area contributed by atoms with Gasteiger partial charge in [0.15, 0.2) is 9.99 Å². The second-order valence-electron chi connectivity index (χ2n) is 4.09. The molecule has 0 saturated carbocycles. The summed E-state index contributed by atoms with van der Waals surface area (Å²) in [6, 6.07) is 0. The van der Waals surface area contributed by atoms with Crippen molar-refractivity contribution in [2.75, 3.05) is 0 Å². The maximum Gasteiger partial charge on any atom is 0.279 e. The second-order valence-corrected chi connectivity index (χ2v) is 7.41. The average molecular weight is 293 g/mol. The lowest BCUT2D eigenvalue weighted by Crippen LogP contribution is -2.04. The summed E-state index contributed by atoms with van der Waals surface area (Å²) in [5, 5.41) is 2.04. The van der Waals surface area contributed by atoms with Gasteiger partial charge in [-0.2, -0.15) is 0 Å². The minimum Gasteiger partial charge on any atom is -0.277 e. The van der Waals surface area contributed by atoms with Gasteiger partial charge >= 0.3 is 0 Å². The number of fused-ring (bicyclic) bond motifs is 1. The van der Waals surface area contributed by atoms with E-state index >= 15 is 0 Å². The Hall–Kier alpha value is -0.590. The van der Waals surface area contributed by atoms with Gasteiger partial charge in [-0.1, -0.05) is 20.8 Å². The minimum absolute atomic E-state index is 0.0235. The Morgan fingerprint density at radius 2 is 2.18 bits per heavy atom. The highest BCUT2D eigenvalue weighted by Crippen LogP contribution is 2.31. The molecule has 0 amide bonds. The van der Waals surface area contributed by atoms with Crippen LogP contribution in [0.5, 0.6) is 0 Å². The number of aryl methyl sites for hydroxylation is 1. The Kier molecular flexibility index (Phi) is 3.22. The SMILES string of the molecule is CCc1csc2nc(C(C)C)c(S(=O)(=O)Cl)n12. The monoisotopic (exact) mass is 292 g/mol. The third-order valence-corrected chi connectivity index (χ3v) is 4.72. The van der Waals surface area contributed by atoms with Crippen LogP contribution in [0.4, 0.5) is 0 Å². The van der Waals surface area contributed by atoms with Gasteiger partial charge in [0.05, 0.1) is 5.69 Å². The smallest absolute Gasteiger partial charge is 0.277 e. The Morgan fingerprint density at radius 1 is 1.53 bits per heavy atom. The van der Waals surface area contributed by atoms with Crippen molar-refractivity contribution >= 4 is 36.0 Å². The number of hydrogen-bond donors (Lipinski definition) is 0. The van der Waals surface area contributed by atoms with Crippen LogP contribution in [-0.4, -0.2) is 17.8 Å². The molecule has 4 nitrogen and oxygen atoms in total. The van der Waals surface area contributed by atoms with Gasteiger partial charge in [-0.15, -0.1) is 11.3 Å². The first-order valence-electron chi connectivity index (χ1n) is 5.29. The summed E-state index contributed by atoms with van der Waals surface area (Å²) in [6.07, 6.45) is 0.743. The first kappa shape index (κ1) is 12.9. The maximum absolute atomic E-state index is 11.7. The topological polar surface area (TPSA) is 51.4 Å².